The van der Waals surface area contributed by atoms with E-state index in [2.05, 4.69) is 5.32 Å². The number of rotatable bonds is 0. The van der Waals surface area contributed by atoms with Gasteiger partial charge in [0, 0.05) is 0 Å². The number of carbonyl (C=O) groups excluding carboxylic acids is 2. The van der Waals surface area contributed by atoms with Gasteiger partial charge in [-0.1, -0.05) is 6.08 Å². The Labute approximate surface area is 63.2 Å². The number of carbonyl (C=O) groups is 2. The summed E-state index contributed by atoms with van der Waals surface area (Å²) in [4.78, 5) is 21.6. The summed E-state index contributed by atoms with van der Waals surface area (Å²) in [6, 6.07) is 0. The average Bonchev–Trinajstić information content (AvgIpc) is 1.96. The monoisotopic (exact) mass is 156 g/mol. The highest BCUT2D eigenvalue weighted by molar-refractivity contribution is 6.02. The van der Waals surface area contributed by atoms with Crippen LogP contribution in [0.4, 0.5) is 0 Å². The van der Waals surface area contributed by atoms with E-state index in [0.29, 0.717) is 5.06 Å². The van der Waals surface area contributed by atoms with Crippen LogP contribution in [0.1, 0.15) is 6.92 Å². The molecule has 2 N–H and O–H groups in total. The van der Waals surface area contributed by atoms with Crippen LogP contribution in [-0.2, 0) is 9.59 Å². The minimum Gasteiger partial charge on any atom is -0.320 e. The lowest BCUT2D eigenvalue weighted by atomic mass is 10.3. The van der Waals surface area contributed by atoms with E-state index in [1.165, 1.54) is 6.08 Å². The number of hydroxylamine groups is 2. The van der Waals surface area contributed by atoms with Gasteiger partial charge in [-0.2, -0.15) is 0 Å². The van der Waals surface area contributed by atoms with Gasteiger partial charge in [-0.25, -0.2) is 5.06 Å². The van der Waals surface area contributed by atoms with Crippen molar-refractivity contribution in [1.29, 1.82) is 0 Å². The third kappa shape index (κ3) is 1.38. The van der Waals surface area contributed by atoms with Crippen LogP contribution < -0.4 is 5.32 Å². The molecule has 1 saturated heterocycles. The normalized spacial score (nSPS) is 22.4. The van der Waals surface area contributed by atoms with Crippen molar-refractivity contribution >= 4 is 11.8 Å². The number of hydrogen-bond donors (Lipinski definition) is 2. The van der Waals surface area contributed by atoms with Crippen molar-refractivity contribution in [2.24, 2.45) is 0 Å². The summed E-state index contributed by atoms with van der Waals surface area (Å²) < 4.78 is 0. The van der Waals surface area contributed by atoms with Crippen LogP contribution in [-0.4, -0.2) is 28.6 Å². The molecule has 1 aliphatic heterocycles. The molecule has 5 nitrogen and oxygen atoms in total. The number of nitrogens with one attached hydrogen (secondary N) is 1. The Morgan fingerprint density at radius 3 is 2.82 bits per heavy atom. The molecule has 0 unspecified atom stereocenters. The number of nitrogens with zero attached hydrogens (tertiary/aromatic N) is 1. The van der Waals surface area contributed by atoms with Gasteiger partial charge in [0.2, 0.25) is 5.91 Å². The SMILES string of the molecule is C/C=C1/NC(=O)CN(O)C1=O. The average molecular weight is 156 g/mol. The summed E-state index contributed by atoms with van der Waals surface area (Å²) in [7, 11) is 0. The van der Waals surface area contributed by atoms with Crippen molar-refractivity contribution < 1.29 is 14.8 Å². The van der Waals surface area contributed by atoms with Gasteiger partial charge in [-0.15, -0.1) is 0 Å². The van der Waals surface area contributed by atoms with E-state index in [0.717, 1.165) is 0 Å². The number of piperazine rings is 1. The second kappa shape index (κ2) is 2.71. The highest BCUT2D eigenvalue weighted by atomic mass is 16.5. The third-order valence-corrected chi connectivity index (χ3v) is 1.32. The van der Waals surface area contributed by atoms with Crippen LogP contribution >= 0.6 is 0 Å². The summed E-state index contributed by atoms with van der Waals surface area (Å²) in [6.07, 6.45) is 1.43. The van der Waals surface area contributed by atoms with Gasteiger partial charge in [0.15, 0.2) is 0 Å². The standard InChI is InChI=1S/C6H8N2O3/c1-2-4-6(10)8(11)3-5(9)7-4/h2,11H,3H2,1H3,(H,7,9)/b4-2+. The van der Waals surface area contributed by atoms with Crippen LogP contribution in [0.2, 0.25) is 0 Å². The Bertz CT molecular complexity index is 234. The van der Waals surface area contributed by atoms with E-state index in [4.69, 9.17) is 5.21 Å². The summed E-state index contributed by atoms with van der Waals surface area (Å²) in [5, 5.41) is 11.5. The Hall–Kier alpha value is -1.36. The number of allylic oxidation sites excluding steroid dienone is 1. The Morgan fingerprint density at radius 2 is 2.27 bits per heavy atom. The van der Waals surface area contributed by atoms with Crippen molar-refractivity contribution in [2.75, 3.05) is 6.54 Å². The summed E-state index contributed by atoms with van der Waals surface area (Å²) in [5.74, 6) is -0.965. The molecule has 0 aromatic rings. The molecule has 0 bridgehead atoms. The summed E-state index contributed by atoms with van der Waals surface area (Å²) in [5.41, 5.74) is 0.115. The molecular formula is C6H8N2O3. The third-order valence-electron chi connectivity index (χ3n) is 1.32. The maximum Gasteiger partial charge on any atom is 0.293 e. The fraction of sp³-hybridized carbons (Fsp3) is 0.333. The molecule has 1 heterocycles. The van der Waals surface area contributed by atoms with Gasteiger partial charge >= 0.3 is 0 Å². The van der Waals surface area contributed by atoms with Gasteiger partial charge in [0.25, 0.3) is 5.91 Å². The number of hydrogen-bond acceptors (Lipinski definition) is 3. The van der Waals surface area contributed by atoms with Gasteiger partial charge in [0.05, 0.1) is 0 Å². The van der Waals surface area contributed by atoms with E-state index in [9.17, 15) is 9.59 Å². The fourth-order valence-corrected chi connectivity index (χ4v) is 0.786. The molecule has 11 heavy (non-hydrogen) atoms. The zero-order valence-electron chi connectivity index (χ0n) is 6.00. The van der Waals surface area contributed by atoms with Crippen molar-refractivity contribution in [2.45, 2.75) is 6.92 Å². The topological polar surface area (TPSA) is 69.6 Å². The van der Waals surface area contributed by atoms with Gasteiger partial charge in [0.1, 0.15) is 12.2 Å². The molecule has 0 aliphatic carbocycles. The molecule has 60 valence electrons. The molecule has 1 rings (SSSR count). The highest BCUT2D eigenvalue weighted by Gasteiger charge is 2.25. The molecule has 0 saturated carbocycles. The lowest BCUT2D eigenvalue weighted by Crippen LogP contribution is -2.48. The Kier molecular flexibility index (Phi) is 1.91. The lowest BCUT2D eigenvalue weighted by Gasteiger charge is -2.21. The minimum atomic E-state index is -0.577. The van der Waals surface area contributed by atoms with E-state index in [1.807, 2.05) is 0 Å². The molecule has 0 radical (unpaired) electrons. The zero-order valence-corrected chi connectivity index (χ0v) is 6.00. The Morgan fingerprint density at radius 1 is 1.64 bits per heavy atom. The second-order valence-corrected chi connectivity index (χ2v) is 2.11. The van der Waals surface area contributed by atoms with Crippen molar-refractivity contribution in [1.82, 2.24) is 10.4 Å². The molecule has 5 heteroatoms. The molecule has 2 amide bonds. The fourth-order valence-electron chi connectivity index (χ4n) is 0.786. The molecule has 0 spiro atoms. The summed E-state index contributed by atoms with van der Waals surface area (Å²) >= 11 is 0. The molecule has 1 aliphatic rings. The van der Waals surface area contributed by atoms with Crippen molar-refractivity contribution in [3.63, 3.8) is 0 Å². The van der Waals surface area contributed by atoms with Crippen molar-refractivity contribution in [3.05, 3.63) is 11.8 Å². The first-order valence-corrected chi connectivity index (χ1v) is 3.12. The first-order valence-electron chi connectivity index (χ1n) is 3.12. The van der Waals surface area contributed by atoms with Crippen molar-refractivity contribution in [3.8, 4) is 0 Å². The quantitative estimate of drug-likeness (QED) is 0.357. The second-order valence-electron chi connectivity index (χ2n) is 2.11. The predicted octanol–water partition coefficient (Wildman–Crippen LogP) is -0.762. The first-order chi connectivity index (χ1) is 5.15. The van der Waals surface area contributed by atoms with Crippen LogP contribution in [0.3, 0.4) is 0 Å². The van der Waals surface area contributed by atoms with Gasteiger partial charge in [-0.3, -0.25) is 14.8 Å². The summed E-state index contributed by atoms with van der Waals surface area (Å²) in [6.45, 7) is 1.31. The smallest absolute Gasteiger partial charge is 0.293 e. The number of amides is 2. The van der Waals surface area contributed by atoms with Gasteiger partial charge in [-0.05, 0) is 6.92 Å². The van der Waals surface area contributed by atoms with E-state index >= 15 is 0 Å². The van der Waals surface area contributed by atoms with Crippen LogP contribution in [0, 0.1) is 0 Å². The molecule has 0 aromatic carbocycles. The molecule has 1 fully saturated rings. The van der Waals surface area contributed by atoms with Crippen LogP contribution in [0.15, 0.2) is 11.8 Å². The molecule has 0 aromatic heterocycles. The lowest BCUT2D eigenvalue weighted by molar-refractivity contribution is -0.169. The maximum absolute atomic E-state index is 10.9. The highest BCUT2D eigenvalue weighted by Crippen LogP contribution is 2.01. The first kappa shape index (κ1) is 7.74. The van der Waals surface area contributed by atoms with E-state index < -0.39 is 5.91 Å². The van der Waals surface area contributed by atoms with Gasteiger partial charge < -0.3 is 5.32 Å². The van der Waals surface area contributed by atoms with Crippen LogP contribution in [0.5, 0.6) is 0 Å². The molecule has 0 atom stereocenters. The van der Waals surface area contributed by atoms with E-state index in [1.54, 1.807) is 6.92 Å². The predicted molar refractivity (Wildman–Crippen MR) is 35.4 cm³/mol. The maximum atomic E-state index is 10.9. The Balaban J connectivity index is 2.83. The van der Waals surface area contributed by atoms with Crippen LogP contribution in [0.25, 0.3) is 0 Å². The largest absolute Gasteiger partial charge is 0.320 e. The van der Waals surface area contributed by atoms with E-state index in [-0.39, 0.29) is 18.1 Å². The molecular weight excluding hydrogens is 148 g/mol. The minimum absolute atomic E-state index is 0.115. The zero-order chi connectivity index (χ0) is 8.43.